The molecule has 7 heteroatoms. The maximum absolute atomic E-state index is 5.78. The smallest absolute Gasteiger partial charge is 0.223 e. The Labute approximate surface area is 128 Å². The second-order valence-corrected chi connectivity index (χ2v) is 4.69. The summed E-state index contributed by atoms with van der Waals surface area (Å²) in [7, 11) is 0. The van der Waals surface area contributed by atoms with Crippen molar-refractivity contribution in [2.24, 2.45) is 27.2 Å². The normalized spacial score (nSPS) is 11.1. The van der Waals surface area contributed by atoms with E-state index in [9.17, 15) is 0 Å². The Hall–Kier alpha value is -3.09. The summed E-state index contributed by atoms with van der Waals surface area (Å²) in [5, 5.41) is 0. The predicted octanol–water partition coefficient (Wildman–Crippen LogP) is 1.71. The molecule has 0 atom stereocenters. The number of benzene rings is 1. The molecule has 0 fully saturated rings. The Balaban J connectivity index is 2.19. The first-order valence-corrected chi connectivity index (χ1v) is 6.59. The van der Waals surface area contributed by atoms with E-state index in [1.165, 1.54) is 0 Å². The first kappa shape index (κ1) is 15.3. The third-order valence-electron chi connectivity index (χ3n) is 2.76. The minimum Gasteiger partial charge on any atom is -0.455 e. The summed E-state index contributed by atoms with van der Waals surface area (Å²) in [6.45, 7) is 3.83. The molecular formula is C15H18N6O. The van der Waals surface area contributed by atoms with Crippen molar-refractivity contribution >= 4 is 17.6 Å². The lowest BCUT2D eigenvalue weighted by molar-refractivity contribution is 0.476. The number of pyridine rings is 1. The number of ether oxygens (including phenoxy) is 1. The highest BCUT2D eigenvalue weighted by atomic mass is 16.5. The minimum atomic E-state index is -0.134. The van der Waals surface area contributed by atoms with Crippen LogP contribution in [0.15, 0.2) is 46.5 Å². The van der Waals surface area contributed by atoms with Crippen LogP contribution in [0.1, 0.15) is 11.3 Å². The third kappa shape index (κ3) is 4.20. The number of guanidine groups is 2. The first-order chi connectivity index (χ1) is 10.4. The van der Waals surface area contributed by atoms with E-state index in [0.29, 0.717) is 17.2 Å². The van der Waals surface area contributed by atoms with Gasteiger partial charge in [-0.25, -0.2) is 4.99 Å². The van der Waals surface area contributed by atoms with Gasteiger partial charge in [0.1, 0.15) is 11.5 Å². The summed E-state index contributed by atoms with van der Waals surface area (Å²) in [6, 6.07) is 9.14. The largest absolute Gasteiger partial charge is 0.455 e. The minimum absolute atomic E-state index is 0.00389. The lowest BCUT2D eigenvalue weighted by atomic mass is 10.2. The van der Waals surface area contributed by atoms with Gasteiger partial charge in [0.2, 0.25) is 5.96 Å². The van der Waals surface area contributed by atoms with E-state index >= 15 is 0 Å². The quantitative estimate of drug-likeness (QED) is 0.587. The summed E-state index contributed by atoms with van der Waals surface area (Å²) >= 11 is 0. The molecule has 0 aliphatic rings. The molecular weight excluding hydrogens is 280 g/mol. The van der Waals surface area contributed by atoms with Crippen LogP contribution in [-0.4, -0.2) is 16.9 Å². The molecule has 22 heavy (non-hydrogen) atoms. The Morgan fingerprint density at radius 1 is 1.09 bits per heavy atom. The summed E-state index contributed by atoms with van der Waals surface area (Å²) in [4.78, 5) is 11.9. The van der Waals surface area contributed by atoms with Crippen LogP contribution in [0.2, 0.25) is 0 Å². The zero-order chi connectivity index (χ0) is 16.1. The molecule has 0 spiro atoms. The molecule has 0 aliphatic heterocycles. The molecule has 2 rings (SSSR count). The lowest BCUT2D eigenvalue weighted by Gasteiger charge is -2.09. The van der Waals surface area contributed by atoms with Crippen molar-refractivity contribution in [3.05, 3.63) is 47.8 Å². The van der Waals surface area contributed by atoms with Gasteiger partial charge in [-0.05, 0) is 49.7 Å². The molecule has 114 valence electrons. The third-order valence-corrected chi connectivity index (χ3v) is 2.76. The fraction of sp³-hybridized carbons (Fsp3) is 0.133. The average Bonchev–Trinajstić information content (AvgIpc) is 2.43. The molecule has 7 nitrogen and oxygen atoms in total. The Kier molecular flexibility index (Phi) is 4.57. The highest BCUT2D eigenvalue weighted by Gasteiger charge is 2.03. The Morgan fingerprint density at radius 2 is 1.86 bits per heavy atom. The standard InChI is InChI=1S/C15H18N6O/c1-9-7-11(20-15(18)21-14(16)17)4-6-13(9)22-12-5-3-10(2)19-8-12/h3-8H,1-2H3,(H6,16,17,18,20,21). The van der Waals surface area contributed by atoms with Crippen LogP contribution < -0.4 is 21.9 Å². The number of hydrogen-bond acceptors (Lipinski definition) is 3. The van der Waals surface area contributed by atoms with E-state index in [4.69, 9.17) is 21.9 Å². The van der Waals surface area contributed by atoms with Gasteiger partial charge in [0.15, 0.2) is 5.96 Å². The average molecular weight is 298 g/mol. The lowest BCUT2D eigenvalue weighted by Crippen LogP contribution is -2.26. The van der Waals surface area contributed by atoms with E-state index in [0.717, 1.165) is 11.3 Å². The van der Waals surface area contributed by atoms with Crippen molar-refractivity contribution in [3.63, 3.8) is 0 Å². The van der Waals surface area contributed by atoms with Gasteiger partial charge >= 0.3 is 0 Å². The molecule has 0 radical (unpaired) electrons. The zero-order valence-corrected chi connectivity index (χ0v) is 12.4. The SMILES string of the molecule is Cc1ccc(Oc2ccc(N=C(N)N=C(N)N)cc2C)cn1. The Bertz CT molecular complexity index is 717. The number of hydrogen-bond donors (Lipinski definition) is 3. The number of nitrogens with two attached hydrogens (primary N) is 3. The van der Waals surface area contributed by atoms with Crippen molar-refractivity contribution in [2.75, 3.05) is 0 Å². The van der Waals surface area contributed by atoms with Gasteiger partial charge in [0.05, 0.1) is 11.9 Å². The number of aromatic nitrogens is 1. The van der Waals surface area contributed by atoms with E-state index in [1.807, 2.05) is 32.0 Å². The van der Waals surface area contributed by atoms with E-state index in [2.05, 4.69) is 15.0 Å². The van der Waals surface area contributed by atoms with Crippen LogP contribution in [0.4, 0.5) is 5.69 Å². The number of aryl methyl sites for hydroxylation is 2. The van der Waals surface area contributed by atoms with Crippen molar-refractivity contribution < 1.29 is 4.74 Å². The molecule has 0 saturated heterocycles. The zero-order valence-electron chi connectivity index (χ0n) is 12.4. The highest BCUT2D eigenvalue weighted by molar-refractivity contribution is 5.93. The maximum atomic E-state index is 5.78. The van der Waals surface area contributed by atoms with Gasteiger partial charge in [-0.2, -0.15) is 4.99 Å². The Morgan fingerprint density at radius 3 is 2.45 bits per heavy atom. The van der Waals surface area contributed by atoms with Crippen LogP contribution >= 0.6 is 0 Å². The second-order valence-electron chi connectivity index (χ2n) is 4.69. The summed E-state index contributed by atoms with van der Waals surface area (Å²) in [5.41, 5.74) is 18.5. The number of aliphatic imine (C=N–C) groups is 2. The van der Waals surface area contributed by atoms with Gasteiger partial charge < -0.3 is 21.9 Å². The number of nitrogens with zero attached hydrogens (tertiary/aromatic N) is 3. The van der Waals surface area contributed by atoms with E-state index in [1.54, 1.807) is 18.3 Å². The van der Waals surface area contributed by atoms with Gasteiger partial charge in [-0.15, -0.1) is 0 Å². The molecule has 0 amide bonds. The van der Waals surface area contributed by atoms with Gasteiger partial charge in [0, 0.05) is 5.69 Å². The molecule has 0 unspecified atom stereocenters. The van der Waals surface area contributed by atoms with Gasteiger partial charge in [-0.3, -0.25) is 4.98 Å². The fourth-order valence-electron chi connectivity index (χ4n) is 1.75. The van der Waals surface area contributed by atoms with Crippen molar-refractivity contribution in [1.82, 2.24) is 4.98 Å². The molecule has 0 saturated carbocycles. The van der Waals surface area contributed by atoms with Crippen LogP contribution in [0.25, 0.3) is 0 Å². The molecule has 1 aromatic carbocycles. The number of rotatable bonds is 3. The summed E-state index contributed by atoms with van der Waals surface area (Å²) in [5.74, 6) is 1.25. The van der Waals surface area contributed by atoms with Crippen LogP contribution in [0.3, 0.4) is 0 Å². The first-order valence-electron chi connectivity index (χ1n) is 6.59. The topological polar surface area (TPSA) is 125 Å². The van der Waals surface area contributed by atoms with Crippen LogP contribution in [0, 0.1) is 13.8 Å². The van der Waals surface area contributed by atoms with Crippen molar-refractivity contribution in [1.29, 1.82) is 0 Å². The molecule has 1 heterocycles. The fourth-order valence-corrected chi connectivity index (χ4v) is 1.75. The molecule has 0 aliphatic carbocycles. The maximum Gasteiger partial charge on any atom is 0.223 e. The molecule has 0 bridgehead atoms. The molecule has 2 aromatic rings. The molecule has 1 aromatic heterocycles. The summed E-state index contributed by atoms with van der Waals surface area (Å²) in [6.07, 6.45) is 1.68. The van der Waals surface area contributed by atoms with Gasteiger partial charge in [-0.1, -0.05) is 0 Å². The van der Waals surface area contributed by atoms with Crippen LogP contribution in [0.5, 0.6) is 11.5 Å². The second kappa shape index (κ2) is 6.57. The van der Waals surface area contributed by atoms with Gasteiger partial charge in [0.25, 0.3) is 0 Å². The van der Waals surface area contributed by atoms with E-state index < -0.39 is 0 Å². The van der Waals surface area contributed by atoms with Crippen LogP contribution in [-0.2, 0) is 0 Å². The van der Waals surface area contributed by atoms with E-state index in [-0.39, 0.29) is 11.9 Å². The highest BCUT2D eigenvalue weighted by Crippen LogP contribution is 2.28. The predicted molar refractivity (Wildman–Crippen MR) is 87.3 cm³/mol. The molecule has 6 N–H and O–H groups in total. The summed E-state index contributed by atoms with van der Waals surface area (Å²) < 4.78 is 5.78. The van der Waals surface area contributed by atoms with Crippen molar-refractivity contribution in [3.8, 4) is 11.5 Å². The van der Waals surface area contributed by atoms with Crippen molar-refractivity contribution in [2.45, 2.75) is 13.8 Å². The monoisotopic (exact) mass is 298 g/mol.